The number of imidazole rings is 1. The molecule has 3 aromatic rings. The third kappa shape index (κ3) is 3.38. The second-order valence-corrected chi connectivity index (χ2v) is 7.74. The maximum Gasteiger partial charge on any atom is 0.175 e. The van der Waals surface area contributed by atoms with Crippen LogP contribution in [-0.2, 0) is 9.84 Å². The van der Waals surface area contributed by atoms with E-state index in [0.29, 0.717) is 16.9 Å². The summed E-state index contributed by atoms with van der Waals surface area (Å²) < 4.78 is 43.5. The van der Waals surface area contributed by atoms with Crippen LogP contribution in [0.4, 0.5) is 4.39 Å². The Balaban J connectivity index is 2.11. The van der Waals surface area contributed by atoms with Gasteiger partial charge in [0.05, 0.1) is 17.7 Å². The summed E-state index contributed by atoms with van der Waals surface area (Å²) in [7, 11) is -1.90. The lowest BCUT2D eigenvalue weighted by Gasteiger charge is -2.11. The molecule has 0 fully saturated rings. The lowest BCUT2D eigenvalue weighted by molar-refractivity contribution is 0.387. The quantitative estimate of drug-likeness (QED) is 0.691. The van der Waals surface area contributed by atoms with Crippen molar-refractivity contribution in [2.45, 2.75) is 4.90 Å². The highest BCUT2D eigenvalue weighted by atomic mass is 35.5. The number of methoxy groups -OCH3 is 1. The molecule has 0 atom stereocenters. The fraction of sp³-hybridized carbons (Fsp3) is 0.118. The lowest BCUT2D eigenvalue weighted by atomic mass is 10.1. The van der Waals surface area contributed by atoms with Crippen LogP contribution in [0.5, 0.6) is 5.75 Å². The Morgan fingerprint density at radius 2 is 1.84 bits per heavy atom. The summed E-state index contributed by atoms with van der Waals surface area (Å²) in [6.07, 6.45) is 2.66. The summed E-state index contributed by atoms with van der Waals surface area (Å²) in [4.78, 5) is 4.31. The Hall–Kier alpha value is -2.38. The van der Waals surface area contributed by atoms with E-state index in [0.717, 1.165) is 6.26 Å². The first-order valence-corrected chi connectivity index (χ1v) is 9.45. The molecule has 0 unspecified atom stereocenters. The number of sulfone groups is 1. The summed E-state index contributed by atoms with van der Waals surface area (Å²) in [6, 6.07) is 10.7. The van der Waals surface area contributed by atoms with Gasteiger partial charge in [-0.25, -0.2) is 17.8 Å². The summed E-state index contributed by atoms with van der Waals surface area (Å²) >= 11 is 6.21. The monoisotopic (exact) mass is 380 g/mol. The standard InChI is InChI=1S/C17H14ClFN2O3S/c1-24-15-9-11(3-8-14(15)19)16-17(18)20-10-21(16)12-4-6-13(7-5-12)25(2,22)23/h3-10H,1-2H3. The molecule has 3 rings (SSSR count). The fourth-order valence-electron chi connectivity index (χ4n) is 2.44. The molecule has 1 heterocycles. The van der Waals surface area contributed by atoms with Gasteiger partial charge < -0.3 is 4.74 Å². The van der Waals surface area contributed by atoms with Crippen molar-refractivity contribution >= 4 is 21.4 Å². The highest BCUT2D eigenvalue weighted by molar-refractivity contribution is 7.90. The van der Waals surface area contributed by atoms with Gasteiger partial charge in [-0.3, -0.25) is 4.57 Å². The number of ether oxygens (including phenoxy) is 1. The number of rotatable bonds is 4. The van der Waals surface area contributed by atoms with Crippen LogP contribution in [0, 0.1) is 5.82 Å². The highest BCUT2D eigenvalue weighted by Gasteiger charge is 2.16. The molecule has 0 aliphatic rings. The Labute approximate surface area is 149 Å². The first-order chi connectivity index (χ1) is 11.8. The molecule has 0 amide bonds. The normalized spacial score (nSPS) is 11.5. The van der Waals surface area contributed by atoms with Gasteiger partial charge in [0.25, 0.3) is 0 Å². The fourth-order valence-corrected chi connectivity index (χ4v) is 3.32. The van der Waals surface area contributed by atoms with E-state index in [4.69, 9.17) is 16.3 Å². The van der Waals surface area contributed by atoms with E-state index in [9.17, 15) is 12.8 Å². The number of hydrogen-bond donors (Lipinski definition) is 0. The van der Waals surface area contributed by atoms with Crippen molar-refractivity contribution in [2.24, 2.45) is 0 Å². The van der Waals surface area contributed by atoms with Gasteiger partial charge >= 0.3 is 0 Å². The molecular weight excluding hydrogens is 367 g/mol. The van der Waals surface area contributed by atoms with Crippen molar-refractivity contribution in [3.8, 4) is 22.7 Å². The zero-order valence-corrected chi connectivity index (χ0v) is 15.0. The molecule has 2 aromatic carbocycles. The Kier molecular flexibility index (Phi) is 4.53. The first kappa shape index (κ1) is 17.4. The van der Waals surface area contributed by atoms with Crippen molar-refractivity contribution in [3.05, 3.63) is 59.8 Å². The molecule has 0 bridgehead atoms. The van der Waals surface area contributed by atoms with Crippen molar-refractivity contribution in [3.63, 3.8) is 0 Å². The van der Waals surface area contributed by atoms with E-state index in [-0.39, 0.29) is 15.8 Å². The van der Waals surface area contributed by atoms with Gasteiger partial charge in [0.1, 0.15) is 6.33 Å². The molecule has 0 radical (unpaired) electrons. The molecule has 0 saturated heterocycles. The van der Waals surface area contributed by atoms with E-state index in [2.05, 4.69) is 4.98 Å². The van der Waals surface area contributed by atoms with Crippen molar-refractivity contribution in [1.29, 1.82) is 0 Å². The first-order valence-electron chi connectivity index (χ1n) is 7.18. The molecule has 0 spiro atoms. The van der Waals surface area contributed by atoms with Crippen LogP contribution in [0.1, 0.15) is 0 Å². The number of aromatic nitrogens is 2. The maximum absolute atomic E-state index is 13.7. The molecular formula is C17H14ClFN2O3S. The molecule has 0 aliphatic heterocycles. The van der Waals surface area contributed by atoms with Gasteiger partial charge in [-0.15, -0.1) is 0 Å². The van der Waals surface area contributed by atoms with E-state index in [1.165, 1.54) is 37.7 Å². The minimum atomic E-state index is -3.28. The van der Waals surface area contributed by atoms with Crippen LogP contribution >= 0.6 is 11.6 Å². The predicted molar refractivity (Wildman–Crippen MR) is 93.6 cm³/mol. The van der Waals surface area contributed by atoms with Crippen molar-refractivity contribution < 1.29 is 17.5 Å². The van der Waals surface area contributed by atoms with Crippen LogP contribution in [-0.4, -0.2) is 31.3 Å². The molecule has 130 valence electrons. The summed E-state index contributed by atoms with van der Waals surface area (Å²) in [5.74, 6) is -0.389. The zero-order chi connectivity index (χ0) is 18.2. The average molecular weight is 381 g/mol. The molecule has 5 nitrogen and oxygen atoms in total. The third-order valence-electron chi connectivity index (χ3n) is 3.69. The molecule has 8 heteroatoms. The minimum absolute atomic E-state index is 0.0914. The van der Waals surface area contributed by atoms with Gasteiger partial charge in [0.15, 0.2) is 26.6 Å². The minimum Gasteiger partial charge on any atom is -0.494 e. The second-order valence-electron chi connectivity index (χ2n) is 5.37. The van der Waals surface area contributed by atoms with Gasteiger partial charge in [-0.1, -0.05) is 11.6 Å². The van der Waals surface area contributed by atoms with E-state index in [1.807, 2.05) is 0 Å². The zero-order valence-electron chi connectivity index (χ0n) is 13.4. The molecule has 0 saturated carbocycles. The van der Waals surface area contributed by atoms with E-state index >= 15 is 0 Å². The van der Waals surface area contributed by atoms with E-state index in [1.54, 1.807) is 22.8 Å². The molecule has 0 N–H and O–H groups in total. The smallest absolute Gasteiger partial charge is 0.175 e. The third-order valence-corrected chi connectivity index (χ3v) is 5.10. The summed E-state index contributed by atoms with van der Waals surface area (Å²) in [5, 5.41) is 0.237. The van der Waals surface area contributed by atoms with Crippen molar-refractivity contribution in [2.75, 3.05) is 13.4 Å². The number of nitrogens with zero attached hydrogens (tertiary/aromatic N) is 2. The second kappa shape index (κ2) is 6.50. The van der Waals surface area contributed by atoms with Crippen LogP contribution in [0.15, 0.2) is 53.7 Å². The maximum atomic E-state index is 13.7. The number of halogens is 2. The van der Waals surface area contributed by atoms with E-state index < -0.39 is 15.7 Å². The average Bonchev–Trinajstić information content (AvgIpc) is 2.96. The number of hydrogen-bond acceptors (Lipinski definition) is 4. The molecule has 0 aliphatic carbocycles. The van der Waals surface area contributed by atoms with Crippen molar-refractivity contribution in [1.82, 2.24) is 9.55 Å². The molecule has 1 aromatic heterocycles. The van der Waals surface area contributed by atoms with Crippen LogP contribution in [0.25, 0.3) is 16.9 Å². The topological polar surface area (TPSA) is 61.2 Å². The highest BCUT2D eigenvalue weighted by Crippen LogP contribution is 2.33. The van der Waals surface area contributed by atoms with Crippen LogP contribution in [0.2, 0.25) is 5.15 Å². The van der Waals surface area contributed by atoms with Gasteiger partial charge in [-0.2, -0.15) is 0 Å². The largest absolute Gasteiger partial charge is 0.494 e. The Morgan fingerprint density at radius 1 is 1.16 bits per heavy atom. The van der Waals surface area contributed by atoms with Crippen LogP contribution in [0.3, 0.4) is 0 Å². The van der Waals surface area contributed by atoms with Crippen LogP contribution < -0.4 is 4.74 Å². The SMILES string of the molecule is COc1cc(-c2c(Cl)ncn2-c2ccc(S(C)(=O)=O)cc2)ccc1F. The van der Waals surface area contributed by atoms with Gasteiger partial charge in [0.2, 0.25) is 0 Å². The van der Waals surface area contributed by atoms with Gasteiger partial charge in [-0.05, 0) is 42.5 Å². The summed E-state index contributed by atoms with van der Waals surface area (Å²) in [6.45, 7) is 0. The lowest BCUT2D eigenvalue weighted by Crippen LogP contribution is -2.00. The number of benzene rings is 2. The molecule has 25 heavy (non-hydrogen) atoms. The Bertz CT molecular complexity index is 1030. The predicted octanol–water partition coefficient (Wildman–Crippen LogP) is 3.74. The Morgan fingerprint density at radius 3 is 2.44 bits per heavy atom. The summed E-state index contributed by atoms with van der Waals surface area (Å²) in [5.41, 5.74) is 1.84. The van der Waals surface area contributed by atoms with Gasteiger partial charge in [0, 0.05) is 17.5 Å².